The van der Waals surface area contributed by atoms with Crippen LogP contribution in [0, 0.1) is 0 Å². The van der Waals surface area contributed by atoms with Crippen LogP contribution >= 0.6 is 58.0 Å². The van der Waals surface area contributed by atoms with Gasteiger partial charge in [0, 0.05) is 26.7 Å². The minimum absolute atomic E-state index is 0.482. The monoisotopic (exact) mass is 466 g/mol. The summed E-state index contributed by atoms with van der Waals surface area (Å²) in [6.45, 7) is 0. The smallest absolute Gasteiger partial charge is 0.140 e. The second-order valence-corrected chi connectivity index (χ2v) is 8.13. The molecule has 0 radical (unpaired) electrons. The summed E-state index contributed by atoms with van der Waals surface area (Å²) in [4.78, 5) is 8.12. The molecule has 0 amide bonds. The minimum atomic E-state index is 0.482. The Kier molecular flexibility index (Phi) is 5.59. The van der Waals surface area contributed by atoms with Gasteiger partial charge < -0.3 is 4.98 Å². The summed E-state index contributed by atoms with van der Waals surface area (Å²) in [7, 11) is 0. The molecule has 0 atom stereocenters. The lowest BCUT2D eigenvalue weighted by atomic mass is 10.0. The highest BCUT2D eigenvalue weighted by Gasteiger charge is 2.20. The fraction of sp³-hybridized carbons (Fsp3) is 0. The predicted molar refractivity (Wildman–Crippen MR) is 120 cm³/mol. The molecule has 4 aromatic rings. The number of hydrogen-bond donors (Lipinski definition) is 1. The molecule has 2 nitrogen and oxygen atoms in total. The molecule has 28 heavy (non-hydrogen) atoms. The molecule has 0 aliphatic rings. The highest BCUT2D eigenvalue weighted by Crippen LogP contribution is 2.41. The molecule has 140 valence electrons. The van der Waals surface area contributed by atoms with E-state index in [2.05, 4.69) is 4.98 Å². The summed E-state index contributed by atoms with van der Waals surface area (Å²) in [5, 5.41) is 2.65. The Morgan fingerprint density at radius 1 is 0.607 bits per heavy atom. The van der Waals surface area contributed by atoms with Gasteiger partial charge in [0.05, 0.1) is 26.5 Å². The Morgan fingerprint density at radius 3 is 1.82 bits per heavy atom. The summed E-state index contributed by atoms with van der Waals surface area (Å²) in [5.74, 6) is 0.604. The van der Waals surface area contributed by atoms with Gasteiger partial charge in [0.15, 0.2) is 0 Å². The molecular formula is C21H11Cl5N2. The number of nitrogens with zero attached hydrogens (tertiary/aromatic N) is 1. The molecule has 0 unspecified atom stereocenters. The van der Waals surface area contributed by atoms with E-state index in [-0.39, 0.29) is 0 Å². The van der Waals surface area contributed by atoms with Crippen LogP contribution in [0.1, 0.15) is 0 Å². The Bertz CT molecular complexity index is 1110. The Hall–Kier alpha value is -1.68. The Labute approximate surface area is 187 Å². The van der Waals surface area contributed by atoms with Crippen LogP contribution in [0.2, 0.25) is 25.1 Å². The number of H-pyrrole nitrogens is 1. The van der Waals surface area contributed by atoms with Crippen LogP contribution < -0.4 is 0 Å². The van der Waals surface area contributed by atoms with Crippen LogP contribution in [0.3, 0.4) is 0 Å². The number of rotatable bonds is 3. The number of hydrogen-bond acceptors (Lipinski definition) is 1. The van der Waals surface area contributed by atoms with Crippen molar-refractivity contribution in [2.75, 3.05) is 0 Å². The van der Waals surface area contributed by atoms with Crippen molar-refractivity contribution < 1.29 is 0 Å². The molecule has 1 N–H and O–H groups in total. The van der Waals surface area contributed by atoms with Crippen LogP contribution in [0.4, 0.5) is 0 Å². The maximum atomic E-state index is 6.46. The first-order valence-corrected chi connectivity index (χ1v) is 10.1. The van der Waals surface area contributed by atoms with Gasteiger partial charge in [-0.3, -0.25) is 0 Å². The maximum absolute atomic E-state index is 6.46. The molecule has 0 bridgehead atoms. The van der Waals surface area contributed by atoms with Crippen molar-refractivity contribution in [1.82, 2.24) is 9.97 Å². The zero-order chi connectivity index (χ0) is 19.8. The van der Waals surface area contributed by atoms with Gasteiger partial charge in [0.1, 0.15) is 5.82 Å². The predicted octanol–water partition coefficient (Wildman–Crippen LogP) is 8.68. The summed E-state index contributed by atoms with van der Waals surface area (Å²) < 4.78 is 0. The SMILES string of the molecule is Clc1ccc(-c2nc(-c3ccccc3Cl)[nH]c2-c2ccc(Cl)cc2Cl)c(Cl)c1. The summed E-state index contributed by atoms with van der Waals surface area (Å²) in [5.41, 5.74) is 3.59. The summed E-state index contributed by atoms with van der Waals surface area (Å²) >= 11 is 31.4. The molecule has 0 aliphatic carbocycles. The second kappa shape index (κ2) is 7.98. The molecule has 0 saturated carbocycles. The number of aromatic nitrogens is 2. The third kappa shape index (κ3) is 3.76. The summed E-state index contributed by atoms with van der Waals surface area (Å²) in [6, 6.07) is 18.0. The van der Waals surface area contributed by atoms with E-state index >= 15 is 0 Å². The largest absolute Gasteiger partial charge is 0.337 e. The van der Waals surface area contributed by atoms with Gasteiger partial charge >= 0.3 is 0 Å². The highest BCUT2D eigenvalue weighted by molar-refractivity contribution is 6.37. The van der Waals surface area contributed by atoms with Gasteiger partial charge in [0.25, 0.3) is 0 Å². The lowest BCUT2D eigenvalue weighted by Gasteiger charge is -2.07. The molecule has 1 aromatic heterocycles. The topological polar surface area (TPSA) is 28.7 Å². The first-order chi connectivity index (χ1) is 13.4. The van der Waals surface area contributed by atoms with Crippen molar-refractivity contribution >= 4 is 58.0 Å². The molecular weight excluding hydrogens is 458 g/mol. The van der Waals surface area contributed by atoms with Gasteiger partial charge in [-0.2, -0.15) is 0 Å². The molecule has 0 fully saturated rings. The number of nitrogens with one attached hydrogen (secondary N) is 1. The van der Waals surface area contributed by atoms with Gasteiger partial charge in [-0.25, -0.2) is 4.98 Å². The average Bonchev–Trinajstić information content (AvgIpc) is 3.06. The molecule has 3 aromatic carbocycles. The normalized spacial score (nSPS) is 11.0. The molecule has 7 heteroatoms. The van der Waals surface area contributed by atoms with Crippen LogP contribution in [0.5, 0.6) is 0 Å². The number of halogens is 5. The molecule has 4 rings (SSSR count). The lowest BCUT2D eigenvalue weighted by Crippen LogP contribution is -1.86. The quantitative estimate of drug-likeness (QED) is 0.320. The van der Waals surface area contributed by atoms with E-state index in [0.29, 0.717) is 42.3 Å². The number of imidazole rings is 1. The van der Waals surface area contributed by atoms with Crippen LogP contribution in [-0.4, -0.2) is 9.97 Å². The van der Waals surface area contributed by atoms with E-state index in [1.165, 1.54) is 0 Å². The van der Waals surface area contributed by atoms with Gasteiger partial charge in [-0.05, 0) is 48.5 Å². The van der Waals surface area contributed by atoms with Crippen molar-refractivity contribution in [3.05, 3.63) is 85.8 Å². The first-order valence-electron chi connectivity index (χ1n) is 8.20. The van der Waals surface area contributed by atoms with Crippen molar-refractivity contribution in [1.29, 1.82) is 0 Å². The second-order valence-electron chi connectivity index (χ2n) is 6.04. The lowest BCUT2D eigenvalue weighted by molar-refractivity contribution is 1.31. The van der Waals surface area contributed by atoms with E-state index < -0.39 is 0 Å². The minimum Gasteiger partial charge on any atom is -0.337 e. The van der Waals surface area contributed by atoms with Crippen LogP contribution in [-0.2, 0) is 0 Å². The molecule has 0 aliphatic heterocycles. The molecule has 0 saturated heterocycles. The summed E-state index contributed by atoms with van der Waals surface area (Å²) in [6.07, 6.45) is 0. The fourth-order valence-corrected chi connectivity index (χ4v) is 4.14. The first kappa shape index (κ1) is 19.6. The zero-order valence-electron chi connectivity index (χ0n) is 14.1. The third-order valence-electron chi connectivity index (χ3n) is 4.22. The Balaban J connectivity index is 1.99. The van der Waals surface area contributed by atoms with Gasteiger partial charge in [0.2, 0.25) is 0 Å². The van der Waals surface area contributed by atoms with Crippen molar-refractivity contribution in [3.63, 3.8) is 0 Å². The Morgan fingerprint density at radius 2 is 1.21 bits per heavy atom. The van der Waals surface area contributed by atoms with E-state index in [0.717, 1.165) is 16.7 Å². The maximum Gasteiger partial charge on any atom is 0.140 e. The fourth-order valence-electron chi connectivity index (χ4n) is 2.92. The van der Waals surface area contributed by atoms with Crippen molar-refractivity contribution in [2.24, 2.45) is 0 Å². The van der Waals surface area contributed by atoms with Crippen molar-refractivity contribution in [2.45, 2.75) is 0 Å². The third-order valence-corrected chi connectivity index (χ3v) is 5.64. The van der Waals surface area contributed by atoms with Crippen LogP contribution in [0.25, 0.3) is 33.9 Å². The van der Waals surface area contributed by atoms with Gasteiger partial charge in [-0.15, -0.1) is 0 Å². The average molecular weight is 469 g/mol. The molecule has 1 heterocycles. The van der Waals surface area contributed by atoms with Gasteiger partial charge in [-0.1, -0.05) is 70.1 Å². The standard InChI is InChI=1S/C21H11Cl5N2/c22-11-5-7-13(17(25)9-11)19-20(14-8-6-12(23)10-18(14)26)28-21(27-19)15-3-1-2-4-16(15)24/h1-10H,(H,27,28). The van der Waals surface area contributed by atoms with E-state index in [4.69, 9.17) is 63.0 Å². The molecule has 0 spiro atoms. The number of aromatic amines is 1. The number of benzene rings is 3. The zero-order valence-corrected chi connectivity index (χ0v) is 17.9. The highest BCUT2D eigenvalue weighted by atomic mass is 35.5. The van der Waals surface area contributed by atoms with E-state index in [1.807, 2.05) is 36.4 Å². The van der Waals surface area contributed by atoms with Crippen molar-refractivity contribution in [3.8, 4) is 33.9 Å². The van der Waals surface area contributed by atoms with Crippen LogP contribution in [0.15, 0.2) is 60.7 Å². The van der Waals surface area contributed by atoms with E-state index in [9.17, 15) is 0 Å². The van der Waals surface area contributed by atoms with E-state index in [1.54, 1.807) is 24.3 Å².